The Kier molecular flexibility index (Phi) is 4.16. The molecule has 28 heavy (non-hydrogen) atoms. The highest BCUT2D eigenvalue weighted by molar-refractivity contribution is 7.90. The van der Waals surface area contributed by atoms with Gasteiger partial charge in [0.25, 0.3) is 5.69 Å². The summed E-state index contributed by atoms with van der Waals surface area (Å²) >= 11 is 0. The van der Waals surface area contributed by atoms with Crippen LogP contribution in [-0.4, -0.2) is 34.2 Å². The number of nitrogens with zero attached hydrogens (tertiary/aromatic N) is 4. The number of hydrogen-bond acceptors (Lipinski definition) is 6. The number of benzene rings is 2. The average molecular weight is 394 g/mol. The minimum atomic E-state index is -3.57. The maximum Gasteiger partial charge on any atom is 0.270 e. The van der Waals surface area contributed by atoms with E-state index in [0.29, 0.717) is 11.2 Å². The molecule has 0 bridgehead atoms. The molecule has 0 aliphatic rings. The summed E-state index contributed by atoms with van der Waals surface area (Å²) in [7, 11) is -3.57. The van der Waals surface area contributed by atoms with E-state index >= 15 is 0 Å². The molecule has 0 spiro atoms. The Bertz CT molecular complexity index is 1310. The summed E-state index contributed by atoms with van der Waals surface area (Å²) in [6.45, 7) is 0. The lowest BCUT2D eigenvalue weighted by Crippen LogP contribution is -2.09. The molecule has 0 amide bonds. The smallest absolute Gasteiger partial charge is 0.258 e. The molecule has 4 aromatic rings. The molecule has 0 unspecified atom stereocenters. The number of fused-ring (bicyclic) bond motifs is 1. The second-order valence-electron chi connectivity index (χ2n) is 6.25. The van der Waals surface area contributed by atoms with Gasteiger partial charge in [-0.25, -0.2) is 17.9 Å². The monoisotopic (exact) mass is 394 g/mol. The van der Waals surface area contributed by atoms with Crippen molar-refractivity contribution >= 4 is 21.0 Å². The fourth-order valence-corrected chi connectivity index (χ4v) is 3.66. The van der Waals surface area contributed by atoms with Crippen molar-refractivity contribution in [1.29, 1.82) is 0 Å². The Hall–Kier alpha value is -3.59. The van der Waals surface area contributed by atoms with Crippen molar-refractivity contribution in [3.63, 3.8) is 0 Å². The highest BCUT2D eigenvalue weighted by atomic mass is 32.2. The molecule has 9 heteroatoms. The van der Waals surface area contributed by atoms with Gasteiger partial charge in [0.05, 0.1) is 22.3 Å². The lowest BCUT2D eigenvalue weighted by molar-refractivity contribution is -0.384. The summed E-state index contributed by atoms with van der Waals surface area (Å²) < 4.78 is 25.4. The minimum absolute atomic E-state index is 0.0206. The number of sulfone groups is 1. The van der Waals surface area contributed by atoms with Crippen LogP contribution in [0.25, 0.3) is 27.9 Å². The Morgan fingerprint density at radius 3 is 2.36 bits per heavy atom. The molecule has 8 nitrogen and oxygen atoms in total. The first kappa shape index (κ1) is 17.8. The third-order valence-corrected chi connectivity index (χ3v) is 5.18. The van der Waals surface area contributed by atoms with Crippen molar-refractivity contribution in [2.75, 3.05) is 6.26 Å². The molecule has 0 saturated carbocycles. The number of non-ortho nitro benzene ring substituents is 1. The summed E-state index contributed by atoms with van der Waals surface area (Å²) in [5.41, 5.74) is 3.39. The first-order valence-electron chi connectivity index (χ1n) is 8.23. The van der Waals surface area contributed by atoms with Crippen LogP contribution >= 0.6 is 0 Å². The van der Waals surface area contributed by atoms with Crippen molar-refractivity contribution in [2.24, 2.45) is 0 Å². The van der Waals surface area contributed by atoms with Crippen molar-refractivity contribution in [3.8, 4) is 22.4 Å². The van der Waals surface area contributed by atoms with Crippen LogP contribution in [0.3, 0.4) is 0 Å². The van der Waals surface area contributed by atoms with Gasteiger partial charge in [-0.05, 0) is 23.3 Å². The van der Waals surface area contributed by atoms with Crippen LogP contribution in [0.15, 0.2) is 72.0 Å². The lowest BCUT2D eigenvalue weighted by atomic mass is 10.0. The van der Waals surface area contributed by atoms with Crippen LogP contribution in [-0.2, 0) is 9.84 Å². The third kappa shape index (κ3) is 3.23. The first-order chi connectivity index (χ1) is 13.3. The zero-order chi connectivity index (χ0) is 19.9. The van der Waals surface area contributed by atoms with E-state index in [1.54, 1.807) is 36.4 Å². The van der Waals surface area contributed by atoms with E-state index in [4.69, 9.17) is 0 Å². The van der Waals surface area contributed by atoms with Crippen LogP contribution in [0.4, 0.5) is 5.69 Å². The molecule has 0 N–H and O–H groups in total. The second-order valence-corrected chi connectivity index (χ2v) is 8.16. The predicted molar refractivity (Wildman–Crippen MR) is 104 cm³/mol. The van der Waals surface area contributed by atoms with E-state index in [1.807, 2.05) is 12.1 Å². The number of rotatable bonds is 4. The van der Waals surface area contributed by atoms with E-state index < -0.39 is 14.8 Å². The van der Waals surface area contributed by atoms with Crippen LogP contribution in [0.5, 0.6) is 0 Å². The van der Waals surface area contributed by atoms with Crippen molar-refractivity contribution in [2.45, 2.75) is 5.16 Å². The summed E-state index contributed by atoms with van der Waals surface area (Å²) in [4.78, 5) is 14.8. The van der Waals surface area contributed by atoms with E-state index in [-0.39, 0.29) is 10.8 Å². The molecular formula is C19H14N4O4S. The van der Waals surface area contributed by atoms with E-state index in [1.165, 1.54) is 22.8 Å². The van der Waals surface area contributed by atoms with Gasteiger partial charge in [-0.3, -0.25) is 10.1 Å². The van der Waals surface area contributed by atoms with Crippen LogP contribution in [0.1, 0.15) is 0 Å². The van der Waals surface area contributed by atoms with Crippen molar-refractivity contribution < 1.29 is 13.3 Å². The highest BCUT2D eigenvalue weighted by Gasteiger charge is 2.17. The topological polar surface area (TPSA) is 107 Å². The maximum atomic E-state index is 12.1. The normalized spacial score (nSPS) is 11.6. The molecule has 2 heterocycles. The van der Waals surface area contributed by atoms with E-state index in [9.17, 15) is 18.5 Å². The Balaban J connectivity index is 1.77. The van der Waals surface area contributed by atoms with Gasteiger partial charge >= 0.3 is 0 Å². The van der Waals surface area contributed by atoms with Gasteiger partial charge in [-0.2, -0.15) is 5.10 Å². The number of hydrogen-bond donors (Lipinski definition) is 0. The Labute approximate surface area is 160 Å². The molecule has 0 saturated heterocycles. The largest absolute Gasteiger partial charge is 0.270 e. The van der Waals surface area contributed by atoms with E-state index in [2.05, 4.69) is 10.1 Å². The van der Waals surface area contributed by atoms with Gasteiger partial charge < -0.3 is 0 Å². The minimum Gasteiger partial charge on any atom is -0.258 e. The maximum absolute atomic E-state index is 12.1. The third-order valence-electron chi connectivity index (χ3n) is 4.26. The summed E-state index contributed by atoms with van der Waals surface area (Å²) in [6.07, 6.45) is 2.60. The fourth-order valence-electron chi connectivity index (χ4n) is 2.93. The van der Waals surface area contributed by atoms with Gasteiger partial charge in [-0.15, -0.1) is 0 Å². The van der Waals surface area contributed by atoms with Gasteiger partial charge in [0.2, 0.25) is 15.0 Å². The van der Waals surface area contributed by atoms with Gasteiger partial charge in [0.1, 0.15) is 0 Å². The highest BCUT2D eigenvalue weighted by Crippen LogP contribution is 2.27. The van der Waals surface area contributed by atoms with Crippen LogP contribution in [0.2, 0.25) is 0 Å². The molecule has 0 aliphatic carbocycles. The van der Waals surface area contributed by atoms with E-state index in [0.717, 1.165) is 22.9 Å². The summed E-state index contributed by atoms with van der Waals surface area (Å²) in [5, 5.41) is 14.8. The van der Waals surface area contributed by atoms with Gasteiger partial charge in [0.15, 0.2) is 0 Å². The average Bonchev–Trinajstić information content (AvgIpc) is 3.15. The molecule has 4 rings (SSSR count). The van der Waals surface area contributed by atoms with Crippen molar-refractivity contribution in [3.05, 3.63) is 77.0 Å². The van der Waals surface area contributed by atoms with Crippen molar-refractivity contribution in [1.82, 2.24) is 14.6 Å². The molecule has 140 valence electrons. The van der Waals surface area contributed by atoms with Crippen LogP contribution < -0.4 is 0 Å². The van der Waals surface area contributed by atoms with Gasteiger partial charge in [-0.1, -0.05) is 36.4 Å². The van der Waals surface area contributed by atoms with Gasteiger partial charge in [0, 0.05) is 24.0 Å². The summed E-state index contributed by atoms with van der Waals surface area (Å²) in [6, 6.07) is 17.1. The summed E-state index contributed by atoms with van der Waals surface area (Å²) in [5.74, 6) is 0. The SMILES string of the molecule is CS(=O)(=O)c1nc(-c2ccc(-c3cccc([N+](=O)[O-])c3)cc2)cc2ccnn12. The molecule has 0 atom stereocenters. The Morgan fingerprint density at radius 1 is 0.964 bits per heavy atom. The molecule has 0 fully saturated rings. The zero-order valence-corrected chi connectivity index (χ0v) is 15.5. The quantitative estimate of drug-likeness (QED) is 0.298. The second kappa shape index (κ2) is 6.54. The predicted octanol–water partition coefficient (Wildman–Crippen LogP) is 3.38. The Morgan fingerprint density at radius 2 is 1.68 bits per heavy atom. The first-order valence-corrected chi connectivity index (χ1v) is 10.1. The molecule has 2 aromatic carbocycles. The molecule has 0 aliphatic heterocycles. The number of aromatic nitrogens is 3. The molecule has 2 aromatic heterocycles. The number of nitro benzene ring substituents is 1. The zero-order valence-electron chi connectivity index (χ0n) is 14.7. The number of nitro groups is 1. The standard InChI is InChI=1S/C19H14N4O4S/c1-28(26,27)19-21-18(12-16-9-10-20-22(16)19)14-7-5-13(6-8-14)15-3-2-4-17(11-15)23(24)25/h2-12H,1H3. The molecular weight excluding hydrogens is 380 g/mol. The lowest BCUT2D eigenvalue weighted by Gasteiger charge is -2.08. The van der Waals surface area contributed by atoms with Crippen LogP contribution in [0, 0.1) is 10.1 Å². The fraction of sp³-hybridized carbons (Fsp3) is 0.0526. The molecule has 0 radical (unpaired) electrons.